The van der Waals surface area contributed by atoms with Crippen molar-refractivity contribution in [2.45, 2.75) is 37.6 Å². The summed E-state index contributed by atoms with van der Waals surface area (Å²) in [6, 6.07) is 0.583. The van der Waals surface area contributed by atoms with Gasteiger partial charge in [-0.1, -0.05) is 6.92 Å². The van der Waals surface area contributed by atoms with Crippen molar-refractivity contribution in [3.8, 4) is 0 Å². The topological polar surface area (TPSA) is 50.1 Å². The second-order valence-corrected chi connectivity index (χ2v) is 5.40. The minimum Gasteiger partial charge on any atom is -0.395 e. The fraction of sp³-hybridized carbons (Fsp3) is 0.750. The number of aliphatic hydroxyl groups excluding tert-OH is 1. The van der Waals surface area contributed by atoms with Gasteiger partial charge in [0.05, 0.1) is 12.8 Å². The summed E-state index contributed by atoms with van der Waals surface area (Å²) in [5, 5.41) is 17.3. The molecule has 0 aliphatic heterocycles. The molecule has 1 heterocycles. The van der Waals surface area contributed by atoms with Gasteiger partial charge in [0.15, 0.2) is 0 Å². The van der Waals surface area contributed by atoms with E-state index >= 15 is 0 Å². The standard InChI is InChI=1S/C12H23N3OS/c1-5-11(10-6-13-15(3)7-10)14-9(2)12(8-16)17-4/h6-7,9,11-12,14,16H,5,8H2,1-4H3. The first-order chi connectivity index (χ1) is 8.12. The Kier molecular flexibility index (Phi) is 6.02. The van der Waals surface area contributed by atoms with Crippen LogP contribution in [0.15, 0.2) is 12.4 Å². The molecule has 98 valence electrons. The molecule has 2 N–H and O–H groups in total. The van der Waals surface area contributed by atoms with Crippen LogP contribution in [-0.2, 0) is 7.05 Å². The number of thioether (sulfide) groups is 1. The number of rotatable bonds is 7. The molecule has 0 bridgehead atoms. The van der Waals surface area contributed by atoms with Crippen molar-refractivity contribution in [2.24, 2.45) is 7.05 Å². The summed E-state index contributed by atoms with van der Waals surface area (Å²) in [6.07, 6.45) is 6.99. The van der Waals surface area contributed by atoms with Crippen LogP contribution in [0.2, 0.25) is 0 Å². The number of aromatic nitrogens is 2. The third-order valence-electron chi connectivity index (χ3n) is 3.04. The van der Waals surface area contributed by atoms with E-state index < -0.39 is 0 Å². The van der Waals surface area contributed by atoms with Gasteiger partial charge in [-0.25, -0.2) is 0 Å². The Labute approximate surface area is 108 Å². The largest absolute Gasteiger partial charge is 0.395 e. The maximum atomic E-state index is 9.28. The van der Waals surface area contributed by atoms with E-state index in [9.17, 15) is 5.11 Å². The van der Waals surface area contributed by atoms with Crippen molar-refractivity contribution in [3.63, 3.8) is 0 Å². The van der Waals surface area contributed by atoms with Gasteiger partial charge >= 0.3 is 0 Å². The van der Waals surface area contributed by atoms with Gasteiger partial charge in [0.25, 0.3) is 0 Å². The summed E-state index contributed by atoms with van der Waals surface area (Å²) < 4.78 is 1.82. The van der Waals surface area contributed by atoms with E-state index in [1.54, 1.807) is 11.8 Å². The maximum Gasteiger partial charge on any atom is 0.0564 e. The van der Waals surface area contributed by atoms with Gasteiger partial charge in [0.2, 0.25) is 0 Å². The Morgan fingerprint density at radius 3 is 2.71 bits per heavy atom. The Balaban J connectivity index is 2.63. The Hall–Kier alpha value is -0.520. The molecule has 1 aromatic rings. The molecule has 0 aliphatic rings. The summed E-state index contributed by atoms with van der Waals surface area (Å²) in [5.41, 5.74) is 1.21. The van der Waals surface area contributed by atoms with Gasteiger partial charge in [-0.2, -0.15) is 16.9 Å². The lowest BCUT2D eigenvalue weighted by Crippen LogP contribution is -2.39. The smallest absolute Gasteiger partial charge is 0.0564 e. The lowest BCUT2D eigenvalue weighted by molar-refractivity contribution is 0.269. The van der Waals surface area contributed by atoms with Crippen molar-refractivity contribution in [3.05, 3.63) is 18.0 Å². The molecule has 1 aromatic heterocycles. The van der Waals surface area contributed by atoms with Gasteiger partial charge in [0.1, 0.15) is 0 Å². The fourth-order valence-electron chi connectivity index (χ4n) is 1.93. The quantitative estimate of drug-likeness (QED) is 0.778. The first-order valence-electron chi connectivity index (χ1n) is 6.00. The normalized spacial score (nSPS) is 16.8. The van der Waals surface area contributed by atoms with E-state index in [1.165, 1.54) is 5.56 Å². The van der Waals surface area contributed by atoms with E-state index in [0.717, 1.165) is 6.42 Å². The zero-order chi connectivity index (χ0) is 12.8. The molecule has 0 saturated carbocycles. The SMILES string of the molecule is CCC(NC(C)C(CO)SC)c1cnn(C)c1. The zero-order valence-corrected chi connectivity index (χ0v) is 11.9. The third kappa shape index (κ3) is 4.01. The van der Waals surface area contributed by atoms with E-state index in [0.29, 0.717) is 6.04 Å². The molecule has 0 saturated heterocycles. The molecular formula is C12H23N3OS. The van der Waals surface area contributed by atoms with Crippen LogP contribution in [-0.4, -0.2) is 39.0 Å². The predicted octanol–water partition coefficient (Wildman–Crippen LogP) is 1.57. The molecule has 5 heteroatoms. The van der Waals surface area contributed by atoms with Crippen molar-refractivity contribution < 1.29 is 5.11 Å². The molecule has 0 fully saturated rings. The van der Waals surface area contributed by atoms with Crippen molar-refractivity contribution >= 4 is 11.8 Å². The highest BCUT2D eigenvalue weighted by molar-refractivity contribution is 7.99. The summed E-state index contributed by atoms with van der Waals surface area (Å²) in [4.78, 5) is 0. The number of nitrogens with zero attached hydrogens (tertiary/aromatic N) is 2. The van der Waals surface area contributed by atoms with Crippen LogP contribution in [0.3, 0.4) is 0 Å². The molecule has 0 spiro atoms. The number of nitrogens with one attached hydrogen (secondary N) is 1. The summed E-state index contributed by atoms with van der Waals surface area (Å²) in [7, 11) is 1.93. The summed E-state index contributed by atoms with van der Waals surface area (Å²) in [6.45, 7) is 4.49. The van der Waals surface area contributed by atoms with Crippen LogP contribution < -0.4 is 5.32 Å². The van der Waals surface area contributed by atoms with E-state index in [4.69, 9.17) is 0 Å². The Morgan fingerprint density at radius 2 is 2.29 bits per heavy atom. The average molecular weight is 257 g/mol. The van der Waals surface area contributed by atoms with Gasteiger partial charge < -0.3 is 10.4 Å². The van der Waals surface area contributed by atoms with Crippen molar-refractivity contribution in [2.75, 3.05) is 12.9 Å². The van der Waals surface area contributed by atoms with Crippen LogP contribution in [0.5, 0.6) is 0 Å². The molecule has 3 unspecified atom stereocenters. The average Bonchev–Trinajstić information content (AvgIpc) is 2.74. The van der Waals surface area contributed by atoms with E-state index in [2.05, 4.69) is 24.3 Å². The number of aryl methyl sites for hydroxylation is 1. The molecule has 0 aromatic carbocycles. The lowest BCUT2D eigenvalue weighted by atomic mass is 10.1. The van der Waals surface area contributed by atoms with Gasteiger partial charge in [-0.05, 0) is 19.6 Å². The molecule has 4 nitrogen and oxygen atoms in total. The summed E-state index contributed by atoms with van der Waals surface area (Å²) in [5.74, 6) is 0. The Bertz CT molecular complexity index is 325. The maximum absolute atomic E-state index is 9.28. The molecule has 0 amide bonds. The highest BCUT2D eigenvalue weighted by atomic mass is 32.2. The molecule has 1 rings (SSSR count). The van der Waals surface area contributed by atoms with Gasteiger partial charge in [-0.15, -0.1) is 0 Å². The molecule has 3 atom stereocenters. The number of aliphatic hydroxyl groups is 1. The highest BCUT2D eigenvalue weighted by Gasteiger charge is 2.19. The molecule has 0 aliphatic carbocycles. The van der Waals surface area contributed by atoms with Crippen LogP contribution in [0.25, 0.3) is 0 Å². The molecule has 17 heavy (non-hydrogen) atoms. The molecule has 0 radical (unpaired) electrons. The number of hydrogen-bond acceptors (Lipinski definition) is 4. The number of hydrogen-bond donors (Lipinski definition) is 2. The van der Waals surface area contributed by atoms with E-state index in [1.807, 2.05) is 30.4 Å². The van der Waals surface area contributed by atoms with E-state index in [-0.39, 0.29) is 17.9 Å². The first-order valence-corrected chi connectivity index (χ1v) is 7.29. The first kappa shape index (κ1) is 14.5. The fourth-order valence-corrected chi connectivity index (χ4v) is 2.57. The molecular weight excluding hydrogens is 234 g/mol. The monoisotopic (exact) mass is 257 g/mol. The second kappa shape index (κ2) is 7.03. The van der Waals surface area contributed by atoms with Crippen molar-refractivity contribution in [1.82, 2.24) is 15.1 Å². The summed E-state index contributed by atoms with van der Waals surface area (Å²) >= 11 is 1.70. The van der Waals surface area contributed by atoms with Crippen LogP contribution in [0, 0.1) is 0 Å². The zero-order valence-electron chi connectivity index (χ0n) is 11.1. The van der Waals surface area contributed by atoms with Gasteiger partial charge in [-0.3, -0.25) is 4.68 Å². The van der Waals surface area contributed by atoms with Crippen LogP contribution >= 0.6 is 11.8 Å². The minimum absolute atomic E-state index is 0.207. The second-order valence-electron chi connectivity index (χ2n) is 4.32. The minimum atomic E-state index is 0.207. The third-order valence-corrected chi connectivity index (χ3v) is 4.20. The van der Waals surface area contributed by atoms with Gasteiger partial charge in [0, 0.05) is 36.1 Å². The highest BCUT2D eigenvalue weighted by Crippen LogP contribution is 2.19. The van der Waals surface area contributed by atoms with Crippen LogP contribution in [0.1, 0.15) is 31.9 Å². The van der Waals surface area contributed by atoms with Crippen molar-refractivity contribution in [1.29, 1.82) is 0 Å². The van der Waals surface area contributed by atoms with Crippen LogP contribution in [0.4, 0.5) is 0 Å². The Morgan fingerprint density at radius 1 is 1.59 bits per heavy atom. The lowest BCUT2D eigenvalue weighted by Gasteiger charge is -2.26. The predicted molar refractivity (Wildman–Crippen MR) is 73.2 cm³/mol.